The van der Waals surface area contributed by atoms with Crippen molar-refractivity contribution in [2.45, 2.75) is 40.3 Å². The summed E-state index contributed by atoms with van der Waals surface area (Å²) in [6.07, 6.45) is -2.07. The zero-order valence-corrected chi connectivity index (χ0v) is 22.5. The van der Waals surface area contributed by atoms with Crippen molar-refractivity contribution in [2.24, 2.45) is 10.8 Å². The van der Waals surface area contributed by atoms with Crippen LogP contribution >= 0.6 is 0 Å². The molecule has 0 aliphatic carbocycles. The fourth-order valence-corrected chi connectivity index (χ4v) is 6.07. The molecule has 2 saturated heterocycles. The number of Topliss-reactive ketones (excluding diaryl/α,β-unsaturated/α-hetero) is 3. The number of fused-ring (bicyclic) bond motifs is 4. The lowest BCUT2D eigenvalue weighted by molar-refractivity contribution is -0.153. The van der Waals surface area contributed by atoms with E-state index >= 15 is 0 Å². The third-order valence-electron chi connectivity index (χ3n) is 7.81. The molecule has 6 rings (SSSR count). The van der Waals surface area contributed by atoms with Gasteiger partial charge in [-0.1, -0.05) is 0 Å². The number of nitrogens with zero attached hydrogens (tertiary/aromatic N) is 2. The number of carbonyl (C=O) groups is 5. The van der Waals surface area contributed by atoms with Crippen LogP contribution in [0.4, 0.5) is 0 Å². The van der Waals surface area contributed by atoms with Crippen LogP contribution < -0.4 is 18.9 Å². The Bertz CT molecular complexity index is 1380. The average molecular weight is 549 g/mol. The van der Waals surface area contributed by atoms with E-state index in [9.17, 15) is 24.0 Å². The highest BCUT2D eigenvalue weighted by molar-refractivity contribution is 6.01. The van der Waals surface area contributed by atoms with E-state index in [0.717, 1.165) is 0 Å². The molecule has 2 unspecified atom stereocenters. The zero-order chi connectivity index (χ0) is 28.6. The predicted molar refractivity (Wildman–Crippen MR) is 137 cm³/mol. The van der Waals surface area contributed by atoms with Gasteiger partial charge in [-0.15, -0.1) is 0 Å². The second kappa shape index (κ2) is 8.80. The Kier molecular flexibility index (Phi) is 5.69. The van der Waals surface area contributed by atoms with Gasteiger partial charge in [0.15, 0.2) is 28.8 Å². The Labute approximate surface area is 229 Å². The zero-order valence-electron chi connectivity index (χ0n) is 22.5. The van der Waals surface area contributed by atoms with Crippen LogP contribution in [0.25, 0.3) is 0 Å². The lowest BCUT2D eigenvalue weighted by Gasteiger charge is -2.55. The van der Waals surface area contributed by atoms with Gasteiger partial charge in [-0.05, 0) is 50.2 Å². The van der Waals surface area contributed by atoms with Gasteiger partial charge in [-0.2, -0.15) is 0 Å². The minimum absolute atomic E-state index is 0.0121. The van der Waals surface area contributed by atoms with E-state index in [2.05, 4.69) is 0 Å². The summed E-state index contributed by atoms with van der Waals surface area (Å²) in [7, 11) is 0. The lowest BCUT2D eigenvalue weighted by Crippen LogP contribution is -2.69. The van der Waals surface area contributed by atoms with E-state index in [4.69, 9.17) is 18.9 Å². The molecule has 4 aliphatic rings. The molecule has 4 heterocycles. The Morgan fingerprint density at radius 1 is 0.650 bits per heavy atom. The maximum Gasteiger partial charge on any atom is 0.300 e. The normalized spacial score (nSPS) is 27.9. The van der Waals surface area contributed by atoms with Gasteiger partial charge in [0.1, 0.15) is 0 Å². The van der Waals surface area contributed by atoms with Crippen molar-refractivity contribution in [3.63, 3.8) is 0 Å². The third kappa shape index (κ3) is 4.07. The standard InChI is InChI=1S/C29H28N2O9/c1-15(32)25-37-19-7-5-17(9-21(19)39-25)23(34)30-11-28(3)13-31(14-29(4,12-30)27(28)36)24(35)18-6-8-20-22(10-18)40-26(38-20)16(2)33/h5-10,25-26H,11-14H2,1-4H3. The van der Waals surface area contributed by atoms with E-state index < -0.39 is 23.4 Å². The highest BCUT2D eigenvalue weighted by atomic mass is 16.7. The summed E-state index contributed by atoms with van der Waals surface area (Å²) >= 11 is 0. The van der Waals surface area contributed by atoms with Crippen molar-refractivity contribution in [3.05, 3.63) is 47.5 Å². The number of carbonyl (C=O) groups excluding carboxylic acids is 5. The molecule has 2 amide bonds. The summed E-state index contributed by atoms with van der Waals surface area (Å²) in [5, 5.41) is 0. The van der Waals surface area contributed by atoms with Gasteiger partial charge < -0.3 is 28.7 Å². The maximum absolute atomic E-state index is 13.6. The first-order chi connectivity index (χ1) is 18.9. The minimum Gasteiger partial charge on any atom is -0.444 e. The van der Waals surface area contributed by atoms with Gasteiger partial charge >= 0.3 is 12.6 Å². The molecule has 2 aromatic carbocycles. The summed E-state index contributed by atoms with van der Waals surface area (Å²) in [4.78, 5) is 67.3. The fraction of sp³-hybridized carbons (Fsp3) is 0.414. The van der Waals surface area contributed by atoms with Crippen molar-refractivity contribution < 1.29 is 42.9 Å². The molecular weight excluding hydrogens is 520 g/mol. The first-order valence-electron chi connectivity index (χ1n) is 13.0. The molecule has 2 fully saturated rings. The number of likely N-dealkylation sites (tertiary alicyclic amines) is 2. The quantitative estimate of drug-likeness (QED) is 0.565. The van der Waals surface area contributed by atoms with Crippen molar-refractivity contribution in [1.29, 1.82) is 0 Å². The Balaban J connectivity index is 1.21. The van der Waals surface area contributed by atoms with Gasteiger partial charge in [0.05, 0.1) is 10.8 Å². The van der Waals surface area contributed by atoms with Gasteiger partial charge in [0, 0.05) is 51.2 Å². The number of ketones is 3. The molecule has 4 aliphatic heterocycles. The van der Waals surface area contributed by atoms with Crippen LogP contribution in [0.15, 0.2) is 36.4 Å². The molecule has 2 aromatic rings. The Morgan fingerprint density at radius 3 is 1.35 bits per heavy atom. The smallest absolute Gasteiger partial charge is 0.300 e. The van der Waals surface area contributed by atoms with Crippen LogP contribution in [0.3, 0.4) is 0 Å². The van der Waals surface area contributed by atoms with E-state index in [1.54, 1.807) is 60.0 Å². The monoisotopic (exact) mass is 548 g/mol. The predicted octanol–water partition coefficient (Wildman–Crippen LogP) is 2.25. The van der Waals surface area contributed by atoms with Crippen molar-refractivity contribution in [1.82, 2.24) is 9.80 Å². The number of hydrogen-bond donors (Lipinski definition) is 0. The Hall–Kier alpha value is -4.41. The van der Waals surface area contributed by atoms with E-state index in [0.29, 0.717) is 34.1 Å². The number of amides is 2. The molecule has 11 nitrogen and oxygen atoms in total. The average Bonchev–Trinajstić information content (AvgIpc) is 3.53. The molecule has 208 valence electrons. The lowest BCUT2D eigenvalue weighted by atomic mass is 9.64. The number of hydrogen-bond acceptors (Lipinski definition) is 9. The van der Waals surface area contributed by atoms with Crippen LogP contribution in [0.5, 0.6) is 23.0 Å². The first kappa shape index (κ1) is 25.8. The molecule has 2 atom stereocenters. The second-order valence-corrected chi connectivity index (χ2v) is 11.5. The number of benzene rings is 2. The summed E-state index contributed by atoms with van der Waals surface area (Å²) in [6, 6.07) is 9.49. The van der Waals surface area contributed by atoms with Crippen molar-refractivity contribution >= 4 is 29.2 Å². The highest BCUT2D eigenvalue weighted by Gasteiger charge is 2.57. The number of ether oxygens (including phenoxy) is 4. The molecule has 0 saturated carbocycles. The molecule has 0 radical (unpaired) electrons. The number of rotatable bonds is 4. The molecular formula is C29H28N2O9. The minimum atomic E-state index is -1.03. The molecule has 0 spiro atoms. The van der Waals surface area contributed by atoms with Gasteiger partial charge in [0.25, 0.3) is 11.8 Å². The van der Waals surface area contributed by atoms with E-state index in [-0.39, 0.29) is 55.3 Å². The fourth-order valence-electron chi connectivity index (χ4n) is 6.07. The maximum atomic E-state index is 13.6. The van der Waals surface area contributed by atoms with Crippen molar-refractivity contribution in [3.8, 4) is 23.0 Å². The summed E-state index contributed by atoms with van der Waals surface area (Å²) < 4.78 is 22.0. The van der Waals surface area contributed by atoms with E-state index in [1.165, 1.54) is 13.8 Å². The van der Waals surface area contributed by atoms with Crippen LogP contribution in [0.2, 0.25) is 0 Å². The molecule has 0 aromatic heterocycles. The van der Waals surface area contributed by atoms with Crippen LogP contribution in [0, 0.1) is 10.8 Å². The van der Waals surface area contributed by atoms with E-state index in [1.807, 2.05) is 0 Å². The van der Waals surface area contributed by atoms with Crippen LogP contribution in [-0.4, -0.2) is 77.7 Å². The molecule has 0 N–H and O–H groups in total. The SMILES string of the molecule is CC(=O)C1Oc2ccc(C(=O)N3CC4(C)CN(C(=O)c5ccc6c(c5)OC(C(C)=O)O6)CC(C)(C3)C4=O)cc2O1. The Morgan fingerprint density at radius 2 is 1.00 bits per heavy atom. The molecule has 40 heavy (non-hydrogen) atoms. The molecule has 11 heteroatoms. The second-order valence-electron chi connectivity index (χ2n) is 11.5. The largest absolute Gasteiger partial charge is 0.444 e. The first-order valence-corrected chi connectivity index (χ1v) is 13.0. The summed E-state index contributed by atoms with van der Waals surface area (Å²) in [6.45, 7) is 6.81. The van der Waals surface area contributed by atoms with Gasteiger partial charge in [0.2, 0.25) is 11.6 Å². The summed E-state index contributed by atoms with van der Waals surface area (Å²) in [5.74, 6) is 0.278. The molecule has 2 bridgehead atoms. The van der Waals surface area contributed by atoms with Gasteiger partial charge in [-0.25, -0.2) is 0 Å². The third-order valence-corrected chi connectivity index (χ3v) is 7.81. The van der Waals surface area contributed by atoms with Crippen LogP contribution in [-0.2, 0) is 14.4 Å². The van der Waals surface area contributed by atoms with Gasteiger partial charge in [-0.3, -0.25) is 24.0 Å². The highest BCUT2D eigenvalue weighted by Crippen LogP contribution is 2.44. The summed E-state index contributed by atoms with van der Waals surface area (Å²) in [5.41, 5.74) is -1.27. The van der Waals surface area contributed by atoms with Crippen molar-refractivity contribution in [2.75, 3.05) is 26.2 Å². The number of piperidine rings is 2. The topological polar surface area (TPSA) is 129 Å². The van der Waals surface area contributed by atoms with Crippen LogP contribution in [0.1, 0.15) is 48.4 Å².